The Morgan fingerprint density at radius 1 is 0.938 bits per heavy atom. The van der Waals surface area contributed by atoms with Crippen molar-refractivity contribution in [2.75, 3.05) is 26.2 Å². The lowest BCUT2D eigenvalue weighted by molar-refractivity contribution is 0.0631. The fraction of sp³-hybridized carbons (Fsp3) is 0.400. The smallest absolute Gasteiger partial charge is 0.407 e. The third kappa shape index (κ3) is 5.87. The fourth-order valence-electron chi connectivity index (χ4n) is 3.75. The molecule has 3 amide bonds. The number of fused-ring (bicyclic) bond motifs is 1. The van der Waals surface area contributed by atoms with Crippen molar-refractivity contribution in [3.63, 3.8) is 0 Å². The molecule has 0 aliphatic carbocycles. The van der Waals surface area contributed by atoms with Gasteiger partial charge in [0.05, 0.1) is 17.7 Å². The Kier molecular flexibility index (Phi) is 8.25. The van der Waals surface area contributed by atoms with E-state index in [-0.39, 0.29) is 25.0 Å². The maximum atomic E-state index is 12.4. The molecule has 170 valence electrons. The number of hydrogen-bond donors (Lipinski definition) is 1. The first-order chi connectivity index (χ1) is 15.5. The van der Waals surface area contributed by atoms with E-state index in [4.69, 9.17) is 4.74 Å². The van der Waals surface area contributed by atoms with Gasteiger partial charge in [-0.1, -0.05) is 50.5 Å². The summed E-state index contributed by atoms with van der Waals surface area (Å²) in [5, 5.41) is 9.39. The molecule has 7 nitrogen and oxygen atoms in total. The van der Waals surface area contributed by atoms with Gasteiger partial charge >= 0.3 is 6.09 Å². The Bertz CT molecular complexity index is 907. The lowest BCUT2D eigenvalue weighted by Gasteiger charge is -2.19. The number of hydrogen-bond acceptors (Lipinski definition) is 4. The van der Waals surface area contributed by atoms with E-state index in [1.165, 1.54) is 9.80 Å². The minimum atomic E-state index is -0.880. The monoisotopic (exact) mass is 438 g/mol. The van der Waals surface area contributed by atoms with E-state index < -0.39 is 6.09 Å². The van der Waals surface area contributed by atoms with Crippen LogP contribution in [0.15, 0.2) is 48.5 Å². The Balaban J connectivity index is 1.43. The van der Waals surface area contributed by atoms with Gasteiger partial charge in [-0.3, -0.25) is 14.5 Å². The number of imide groups is 1. The highest BCUT2D eigenvalue weighted by Gasteiger charge is 2.34. The predicted molar refractivity (Wildman–Crippen MR) is 121 cm³/mol. The van der Waals surface area contributed by atoms with Crippen LogP contribution in [0.1, 0.15) is 58.9 Å². The number of benzene rings is 2. The van der Waals surface area contributed by atoms with Crippen LogP contribution in [0.4, 0.5) is 4.79 Å². The molecule has 7 heteroatoms. The first-order valence-electron chi connectivity index (χ1n) is 11.2. The Labute approximate surface area is 188 Å². The van der Waals surface area contributed by atoms with Crippen molar-refractivity contribution in [1.29, 1.82) is 0 Å². The molecule has 0 radical (unpaired) electrons. The topological polar surface area (TPSA) is 87.2 Å². The van der Waals surface area contributed by atoms with E-state index >= 15 is 0 Å². The quantitative estimate of drug-likeness (QED) is 0.390. The number of ether oxygens (including phenoxy) is 1. The van der Waals surface area contributed by atoms with Gasteiger partial charge in [-0.05, 0) is 42.7 Å². The fourth-order valence-corrected chi connectivity index (χ4v) is 3.75. The number of carbonyl (C=O) groups excluding carboxylic acids is 2. The van der Waals surface area contributed by atoms with E-state index in [2.05, 4.69) is 6.92 Å². The summed E-state index contributed by atoms with van der Waals surface area (Å²) in [6.45, 7) is 3.54. The average Bonchev–Trinajstić information content (AvgIpc) is 3.04. The van der Waals surface area contributed by atoms with Gasteiger partial charge in [0.2, 0.25) is 0 Å². The van der Waals surface area contributed by atoms with Crippen LogP contribution in [0.25, 0.3) is 0 Å². The van der Waals surface area contributed by atoms with Gasteiger partial charge in [0.25, 0.3) is 11.8 Å². The first kappa shape index (κ1) is 23.3. The van der Waals surface area contributed by atoms with Crippen molar-refractivity contribution in [1.82, 2.24) is 9.80 Å². The van der Waals surface area contributed by atoms with E-state index in [1.807, 2.05) is 24.3 Å². The molecule has 2 aromatic carbocycles. The van der Waals surface area contributed by atoms with Gasteiger partial charge in [-0.2, -0.15) is 0 Å². The largest absolute Gasteiger partial charge is 0.492 e. The highest BCUT2D eigenvalue weighted by molar-refractivity contribution is 6.21. The Hall–Kier alpha value is -3.35. The predicted octanol–water partition coefficient (Wildman–Crippen LogP) is 4.46. The van der Waals surface area contributed by atoms with Gasteiger partial charge in [0.15, 0.2) is 0 Å². The van der Waals surface area contributed by atoms with Crippen molar-refractivity contribution < 1.29 is 24.2 Å². The molecular weight excluding hydrogens is 408 g/mol. The highest BCUT2D eigenvalue weighted by atomic mass is 16.5. The molecule has 0 fully saturated rings. The van der Waals surface area contributed by atoms with Crippen LogP contribution in [0.5, 0.6) is 5.75 Å². The van der Waals surface area contributed by atoms with Crippen molar-refractivity contribution in [2.45, 2.75) is 39.0 Å². The van der Waals surface area contributed by atoms with Gasteiger partial charge in [0, 0.05) is 13.1 Å². The number of nitrogens with zero attached hydrogens (tertiary/aromatic N) is 2. The number of rotatable bonds is 12. The van der Waals surface area contributed by atoms with E-state index in [0.29, 0.717) is 36.4 Å². The summed E-state index contributed by atoms with van der Waals surface area (Å²) in [5.41, 5.74) is 1.89. The normalized spacial score (nSPS) is 12.7. The minimum Gasteiger partial charge on any atom is -0.492 e. The summed E-state index contributed by atoms with van der Waals surface area (Å²) in [4.78, 5) is 38.9. The number of carboxylic acid groups (broad SMARTS) is 1. The van der Waals surface area contributed by atoms with Gasteiger partial charge < -0.3 is 14.7 Å². The van der Waals surface area contributed by atoms with Gasteiger partial charge in [-0.15, -0.1) is 0 Å². The summed E-state index contributed by atoms with van der Waals surface area (Å²) in [6, 6.07) is 14.3. The number of carbonyl (C=O) groups is 3. The second-order valence-corrected chi connectivity index (χ2v) is 7.88. The van der Waals surface area contributed by atoms with Crippen LogP contribution >= 0.6 is 0 Å². The van der Waals surface area contributed by atoms with Crippen molar-refractivity contribution in [3.05, 3.63) is 65.2 Å². The molecule has 1 heterocycles. The molecule has 0 saturated heterocycles. The molecule has 1 aliphatic heterocycles. The molecule has 0 spiro atoms. The summed E-state index contributed by atoms with van der Waals surface area (Å²) in [5.74, 6) is 0.0597. The Morgan fingerprint density at radius 3 is 2.19 bits per heavy atom. The average molecular weight is 439 g/mol. The van der Waals surface area contributed by atoms with Crippen molar-refractivity contribution >= 4 is 17.9 Å². The van der Waals surface area contributed by atoms with Crippen molar-refractivity contribution in [2.24, 2.45) is 0 Å². The molecule has 0 unspecified atom stereocenters. The molecule has 1 N–H and O–H groups in total. The molecule has 0 atom stereocenters. The van der Waals surface area contributed by atoms with Crippen LogP contribution in [-0.4, -0.2) is 59.1 Å². The van der Waals surface area contributed by atoms with Gasteiger partial charge in [-0.25, -0.2) is 4.79 Å². The zero-order chi connectivity index (χ0) is 22.9. The third-order valence-electron chi connectivity index (χ3n) is 5.61. The lowest BCUT2D eigenvalue weighted by Crippen LogP contribution is -2.33. The second-order valence-electron chi connectivity index (χ2n) is 7.88. The molecule has 3 rings (SSSR count). The summed E-state index contributed by atoms with van der Waals surface area (Å²) in [7, 11) is 0. The van der Waals surface area contributed by atoms with E-state index in [9.17, 15) is 19.5 Å². The highest BCUT2D eigenvalue weighted by Crippen LogP contribution is 2.22. The second kappa shape index (κ2) is 11.3. The summed E-state index contributed by atoms with van der Waals surface area (Å²) >= 11 is 0. The zero-order valence-electron chi connectivity index (χ0n) is 18.5. The molecule has 0 saturated carbocycles. The third-order valence-corrected chi connectivity index (χ3v) is 5.61. The van der Waals surface area contributed by atoms with Crippen LogP contribution < -0.4 is 4.74 Å². The maximum Gasteiger partial charge on any atom is 0.407 e. The van der Waals surface area contributed by atoms with Crippen LogP contribution in [0.2, 0.25) is 0 Å². The molecule has 0 aromatic heterocycles. The van der Waals surface area contributed by atoms with Gasteiger partial charge in [0.1, 0.15) is 12.4 Å². The van der Waals surface area contributed by atoms with E-state index in [0.717, 1.165) is 31.2 Å². The van der Waals surface area contributed by atoms with Crippen LogP contribution in [-0.2, 0) is 6.42 Å². The van der Waals surface area contributed by atoms with Crippen molar-refractivity contribution in [3.8, 4) is 5.75 Å². The van der Waals surface area contributed by atoms with Crippen LogP contribution in [0.3, 0.4) is 0 Å². The SMILES string of the molecule is CCCCCCN(CCc1ccc(OCCN2C(=O)c3ccccc3C2=O)cc1)C(=O)O. The standard InChI is InChI=1S/C25H30N2O5/c1-2-3-4-7-15-26(25(30)31)16-14-19-10-12-20(13-11-19)32-18-17-27-23(28)21-8-5-6-9-22(21)24(27)29/h5-6,8-13H,2-4,7,14-18H2,1H3,(H,30,31). The lowest BCUT2D eigenvalue weighted by atomic mass is 10.1. The van der Waals surface area contributed by atoms with Crippen LogP contribution in [0, 0.1) is 0 Å². The number of amides is 3. The zero-order valence-corrected chi connectivity index (χ0v) is 18.5. The van der Waals surface area contributed by atoms with E-state index in [1.54, 1.807) is 24.3 Å². The Morgan fingerprint density at radius 2 is 1.59 bits per heavy atom. The summed E-state index contributed by atoms with van der Waals surface area (Å²) in [6.07, 6.45) is 3.94. The molecular formula is C25H30N2O5. The summed E-state index contributed by atoms with van der Waals surface area (Å²) < 4.78 is 5.71. The molecule has 32 heavy (non-hydrogen) atoms. The molecule has 0 bridgehead atoms. The molecule has 2 aromatic rings. The maximum absolute atomic E-state index is 12.4. The first-order valence-corrected chi connectivity index (χ1v) is 11.2. The number of unbranched alkanes of at least 4 members (excludes halogenated alkanes) is 3. The minimum absolute atomic E-state index is 0.180. The molecule has 1 aliphatic rings.